The molecule has 0 saturated heterocycles. The molecule has 3 nitrogen and oxygen atoms in total. The van der Waals surface area contributed by atoms with E-state index in [1.807, 2.05) is 0 Å². The summed E-state index contributed by atoms with van der Waals surface area (Å²) < 4.78 is 15.0. The standard InChI is InChI=1S/C14H17FN2O/c1-3-7-17-10-12(9-16-17)14(2,18)11-5-4-6-13(15)8-11/h4-6,8-10,18H,3,7H2,1-2H3. The zero-order valence-corrected chi connectivity index (χ0v) is 10.6. The Labute approximate surface area is 106 Å². The molecule has 2 rings (SSSR count). The first kappa shape index (κ1) is 12.8. The van der Waals surface area contributed by atoms with Gasteiger partial charge in [-0.2, -0.15) is 5.10 Å². The van der Waals surface area contributed by atoms with E-state index in [9.17, 15) is 9.50 Å². The Balaban J connectivity index is 2.34. The quantitative estimate of drug-likeness (QED) is 0.903. The molecule has 1 aromatic heterocycles. The van der Waals surface area contributed by atoms with Crippen LogP contribution >= 0.6 is 0 Å². The number of aliphatic hydroxyl groups is 1. The van der Waals surface area contributed by atoms with E-state index in [-0.39, 0.29) is 5.82 Å². The minimum absolute atomic E-state index is 0.353. The minimum atomic E-state index is -1.23. The van der Waals surface area contributed by atoms with Gasteiger partial charge in [0.1, 0.15) is 11.4 Å². The summed E-state index contributed by atoms with van der Waals surface area (Å²) in [4.78, 5) is 0. The van der Waals surface area contributed by atoms with Crippen LogP contribution in [-0.4, -0.2) is 14.9 Å². The van der Waals surface area contributed by atoms with Crippen molar-refractivity contribution in [1.29, 1.82) is 0 Å². The van der Waals surface area contributed by atoms with Crippen LogP contribution in [0.1, 0.15) is 31.4 Å². The number of nitrogens with zero attached hydrogens (tertiary/aromatic N) is 2. The molecule has 1 atom stereocenters. The van der Waals surface area contributed by atoms with Crippen molar-refractivity contribution in [3.63, 3.8) is 0 Å². The molecule has 4 heteroatoms. The topological polar surface area (TPSA) is 38.0 Å². The summed E-state index contributed by atoms with van der Waals surface area (Å²) in [6.45, 7) is 4.51. The highest BCUT2D eigenvalue weighted by atomic mass is 19.1. The average Bonchev–Trinajstić information content (AvgIpc) is 2.79. The lowest BCUT2D eigenvalue weighted by Gasteiger charge is -2.22. The Kier molecular flexibility index (Phi) is 3.48. The molecule has 18 heavy (non-hydrogen) atoms. The number of aryl methyl sites for hydroxylation is 1. The smallest absolute Gasteiger partial charge is 0.123 e. The molecule has 1 unspecified atom stereocenters. The molecule has 1 N–H and O–H groups in total. The second kappa shape index (κ2) is 4.90. The summed E-state index contributed by atoms with van der Waals surface area (Å²) >= 11 is 0. The lowest BCUT2D eigenvalue weighted by molar-refractivity contribution is 0.102. The van der Waals surface area contributed by atoms with E-state index < -0.39 is 5.60 Å². The molecule has 96 valence electrons. The molecule has 0 saturated carbocycles. The van der Waals surface area contributed by atoms with Crippen LogP contribution in [0.5, 0.6) is 0 Å². The Bertz CT molecular complexity index is 534. The van der Waals surface area contributed by atoms with Gasteiger partial charge in [-0.1, -0.05) is 19.1 Å². The second-order valence-electron chi connectivity index (χ2n) is 4.57. The van der Waals surface area contributed by atoms with Crippen LogP contribution in [0.2, 0.25) is 0 Å². The van der Waals surface area contributed by atoms with Gasteiger partial charge in [-0.3, -0.25) is 4.68 Å². The third-order valence-corrected chi connectivity index (χ3v) is 3.03. The van der Waals surface area contributed by atoms with Gasteiger partial charge in [0.15, 0.2) is 0 Å². The van der Waals surface area contributed by atoms with Crippen LogP contribution in [0.4, 0.5) is 4.39 Å². The maximum atomic E-state index is 13.2. The number of hydrogen-bond acceptors (Lipinski definition) is 2. The zero-order chi connectivity index (χ0) is 13.2. The molecule has 0 aliphatic heterocycles. The lowest BCUT2D eigenvalue weighted by atomic mass is 9.90. The van der Waals surface area contributed by atoms with Gasteiger partial charge in [-0.25, -0.2) is 4.39 Å². The molecule has 0 spiro atoms. The number of hydrogen-bond donors (Lipinski definition) is 1. The first-order valence-corrected chi connectivity index (χ1v) is 6.05. The summed E-state index contributed by atoms with van der Waals surface area (Å²) in [5.74, 6) is -0.353. The predicted molar refractivity (Wildman–Crippen MR) is 67.6 cm³/mol. The summed E-state index contributed by atoms with van der Waals surface area (Å²) in [6, 6.07) is 6.01. The van der Waals surface area contributed by atoms with Gasteiger partial charge in [0, 0.05) is 18.3 Å². The second-order valence-corrected chi connectivity index (χ2v) is 4.57. The maximum Gasteiger partial charge on any atom is 0.123 e. The number of aromatic nitrogens is 2. The summed E-state index contributed by atoms with van der Waals surface area (Å²) in [6.07, 6.45) is 4.40. The number of benzene rings is 1. The van der Waals surface area contributed by atoms with Crippen LogP contribution in [0.15, 0.2) is 36.7 Å². The van der Waals surface area contributed by atoms with Gasteiger partial charge in [0.25, 0.3) is 0 Å². The van der Waals surface area contributed by atoms with Gasteiger partial charge in [-0.15, -0.1) is 0 Å². The predicted octanol–water partition coefficient (Wildman–Crippen LogP) is 2.69. The Morgan fingerprint density at radius 3 is 2.83 bits per heavy atom. The fraction of sp³-hybridized carbons (Fsp3) is 0.357. The van der Waals surface area contributed by atoms with Gasteiger partial charge in [-0.05, 0) is 31.0 Å². The van der Waals surface area contributed by atoms with Gasteiger partial charge in [0.05, 0.1) is 6.20 Å². The van der Waals surface area contributed by atoms with E-state index in [4.69, 9.17) is 0 Å². The van der Waals surface area contributed by atoms with Crippen molar-refractivity contribution in [2.75, 3.05) is 0 Å². The van der Waals surface area contributed by atoms with Gasteiger partial charge < -0.3 is 5.11 Å². The average molecular weight is 248 g/mol. The Morgan fingerprint density at radius 1 is 1.39 bits per heavy atom. The third-order valence-electron chi connectivity index (χ3n) is 3.03. The van der Waals surface area contributed by atoms with Crippen molar-refractivity contribution in [3.8, 4) is 0 Å². The van der Waals surface area contributed by atoms with Crippen LogP contribution in [0.25, 0.3) is 0 Å². The van der Waals surface area contributed by atoms with E-state index in [1.54, 1.807) is 36.1 Å². The highest BCUT2D eigenvalue weighted by Crippen LogP contribution is 2.28. The molecule has 0 radical (unpaired) electrons. The SMILES string of the molecule is CCCn1cc(C(C)(O)c2cccc(F)c2)cn1. The number of halogens is 1. The van der Waals surface area contributed by atoms with Crippen molar-refractivity contribution < 1.29 is 9.50 Å². The molecule has 0 aliphatic rings. The van der Waals surface area contributed by atoms with E-state index in [2.05, 4.69) is 12.0 Å². The summed E-state index contributed by atoms with van der Waals surface area (Å²) in [5, 5.41) is 14.7. The van der Waals surface area contributed by atoms with Crippen molar-refractivity contribution >= 4 is 0 Å². The molecule has 2 aromatic rings. The van der Waals surface area contributed by atoms with Crippen molar-refractivity contribution in [2.24, 2.45) is 0 Å². The van der Waals surface area contributed by atoms with Crippen LogP contribution in [0, 0.1) is 5.82 Å². The molecule has 1 heterocycles. The Hall–Kier alpha value is -1.68. The summed E-state index contributed by atoms with van der Waals surface area (Å²) in [5.41, 5.74) is -0.0335. The van der Waals surface area contributed by atoms with E-state index >= 15 is 0 Å². The highest BCUT2D eigenvalue weighted by Gasteiger charge is 2.27. The fourth-order valence-electron chi connectivity index (χ4n) is 1.92. The highest BCUT2D eigenvalue weighted by molar-refractivity contribution is 5.32. The Morgan fingerprint density at radius 2 is 2.17 bits per heavy atom. The molecular formula is C14H17FN2O. The van der Waals surface area contributed by atoms with Crippen LogP contribution in [-0.2, 0) is 12.1 Å². The van der Waals surface area contributed by atoms with Crippen molar-refractivity contribution in [1.82, 2.24) is 9.78 Å². The van der Waals surface area contributed by atoms with Crippen LogP contribution < -0.4 is 0 Å². The maximum absolute atomic E-state index is 13.2. The third kappa shape index (κ3) is 2.43. The first-order valence-electron chi connectivity index (χ1n) is 6.05. The molecule has 0 bridgehead atoms. The monoisotopic (exact) mass is 248 g/mol. The van der Waals surface area contributed by atoms with Crippen molar-refractivity contribution in [3.05, 3.63) is 53.6 Å². The lowest BCUT2D eigenvalue weighted by Crippen LogP contribution is -2.22. The van der Waals surface area contributed by atoms with Gasteiger partial charge in [0.2, 0.25) is 0 Å². The zero-order valence-electron chi connectivity index (χ0n) is 10.6. The largest absolute Gasteiger partial charge is 0.381 e. The van der Waals surface area contributed by atoms with Crippen LogP contribution in [0.3, 0.4) is 0 Å². The van der Waals surface area contributed by atoms with E-state index in [0.717, 1.165) is 13.0 Å². The van der Waals surface area contributed by atoms with E-state index in [0.29, 0.717) is 11.1 Å². The summed E-state index contributed by atoms with van der Waals surface area (Å²) in [7, 11) is 0. The first-order chi connectivity index (χ1) is 8.54. The minimum Gasteiger partial charge on any atom is -0.381 e. The molecule has 1 aromatic carbocycles. The fourth-order valence-corrected chi connectivity index (χ4v) is 1.92. The van der Waals surface area contributed by atoms with E-state index in [1.165, 1.54) is 12.1 Å². The molecule has 0 aliphatic carbocycles. The van der Waals surface area contributed by atoms with Crippen molar-refractivity contribution in [2.45, 2.75) is 32.4 Å². The number of rotatable bonds is 4. The van der Waals surface area contributed by atoms with Gasteiger partial charge >= 0.3 is 0 Å². The normalized spacial score (nSPS) is 14.4. The molecule has 0 amide bonds. The molecular weight excluding hydrogens is 231 g/mol. The molecule has 0 fully saturated rings.